The van der Waals surface area contributed by atoms with Crippen molar-refractivity contribution in [2.24, 2.45) is 22.9 Å². The van der Waals surface area contributed by atoms with E-state index in [4.69, 9.17) is 28.9 Å². The van der Waals surface area contributed by atoms with Crippen molar-refractivity contribution in [3.63, 3.8) is 0 Å². The number of rotatable bonds is 20. The van der Waals surface area contributed by atoms with E-state index in [1.54, 1.807) is 18.1 Å². The monoisotopic (exact) mass is 842 g/mol. The summed E-state index contributed by atoms with van der Waals surface area (Å²) in [5.74, 6) is 0.922. The first-order valence-corrected chi connectivity index (χ1v) is 22.1. The number of fused-ring (bicyclic) bond motifs is 2. The summed E-state index contributed by atoms with van der Waals surface area (Å²) >= 11 is 0. The number of aliphatic hydroxyl groups excluding tert-OH is 2. The van der Waals surface area contributed by atoms with Gasteiger partial charge in [-0.15, -0.1) is 6.58 Å². The van der Waals surface area contributed by atoms with Gasteiger partial charge in [-0.3, -0.25) is 4.79 Å². The van der Waals surface area contributed by atoms with E-state index < -0.39 is 17.7 Å². The number of ether oxygens (including phenoxy) is 4. The molecule has 10 heteroatoms. The molecule has 0 radical (unpaired) electrons. The van der Waals surface area contributed by atoms with Gasteiger partial charge in [0.05, 0.1) is 31.8 Å². The van der Waals surface area contributed by atoms with Crippen LogP contribution < -0.4 is 14.2 Å². The molecule has 0 saturated heterocycles. The van der Waals surface area contributed by atoms with Crippen LogP contribution in [0.4, 0.5) is 0 Å². The number of hydrogen-bond acceptors (Lipinski definition) is 9. The van der Waals surface area contributed by atoms with Crippen LogP contribution in [0.5, 0.6) is 23.0 Å². The van der Waals surface area contributed by atoms with Gasteiger partial charge in [-0.1, -0.05) is 78.7 Å². The normalized spacial score (nSPS) is 23.0. The van der Waals surface area contributed by atoms with Gasteiger partial charge in [0.25, 0.3) is 0 Å². The van der Waals surface area contributed by atoms with E-state index in [1.165, 1.54) is 5.56 Å². The van der Waals surface area contributed by atoms with Crippen LogP contribution in [0.3, 0.4) is 0 Å². The van der Waals surface area contributed by atoms with Gasteiger partial charge in [-0.2, -0.15) is 0 Å². The van der Waals surface area contributed by atoms with Crippen LogP contribution in [0.2, 0.25) is 0 Å². The summed E-state index contributed by atoms with van der Waals surface area (Å²) in [7, 11) is 3.45. The van der Waals surface area contributed by atoms with E-state index in [-0.39, 0.29) is 56.5 Å². The first-order valence-electron chi connectivity index (χ1n) is 22.1. The highest BCUT2D eigenvalue weighted by molar-refractivity contribution is 6.03. The lowest BCUT2D eigenvalue weighted by Gasteiger charge is -2.59. The van der Waals surface area contributed by atoms with Crippen molar-refractivity contribution in [3.8, 4) is 23.0 Å². The van der Waals surface area contributed by atoms with Crippen LogP contribution in [0, 0.1) is 31.6 Å². The Morgan fingerprint density at radius 3 is 2.37 bits per heavy atom. The summed E-state index contributed by atoms with van der Waals surface area (Å²) < 4.78 is 26.5. The first kappa shape index (κ1) is 44.6. The number of oxime groups is 1. The molecule has 10 nitrogen and oxygen atoms in total. The highest BCUT2D eigenvalue weighted by Gasteiger charge is 2.65. The minimum absolute atomic E-state index is 0.0863. The Kier molecular flexibility index (Phi) is 14.9. The van der Waals surface area contributed by atoms with Crippen molar-refractivity contribution in [2.75, 3.05) is 34.0 Å². The molecule has 0 bridgehead atoms. The number of allylic oxidation sites excluding steroid dienone is 1. The summed E-state index contributed by atoms with van der Waals surface area (Å²) in [5, 5.41) is 24.9. The Bertz CT molecular complexity index is 2220. The fraction of sp³-hybridized carbons (Fsp3) is 0.423. The number of aliphatic hydroxyl groups is 2. The fourth-order valence-electron chi connectivity index (χ4n) is 9.72. The number of carbonyl (C=O) groups is 1. The van der Waals surface area contributed by atoms with E-state index in [1.807, 2.05) is 79.8 Å². The third-order valence-corrected chi connectivity index (χ3v) is 13.0. The van der Waals surface area contributed by atoms with E-state index in [9.17, 15) is 15.0 Å². The predicted molar refractivity (Wildman–Crippen MR) is 242 cm³/mol. The maximum absolute atomic E-state index is 14.6. The molecule has 1 heterocycles. The lowest BCUT2D eigenvalue weighted by Crippen LogP contribution is -2.69. The molecule has 1 amide bonds. The van der Waals surface area contributed by atoms with E-state index >= 15 is 0 Å². The molecule has 3 aliphatic rings. The number of aryl methyl sites for hydroxylation is 2. The molecular formula is C52H62N2O8. The zero-order valence-corrected chi connectivity index (χ0v) is 36.6. The summed E-state index contributed by atoms with van der Waals surface area (Å²) in [6, 6.07) is 29.0. The maximum Gasteiger partial charge on any atom is 0.239 e. The van der Waals surface area contributed by atoms with Gasteiger partial charge in [0.1, 0.15) is 35.6 Å². The van der Waals surface area contributed by atoms with Gasteiger partial charge < -0.3 is 38.9 Å². The smallest absolute Gasteiger partial charge is 0.239 e. The molecule has 328 valence electrons. The number of benzene rings is 4. The molecule has 2 aliphatic carbocycles. The quantitative estimate of drug-likeness (QED) is 0.0513. The van der Waals surface area contributed by atoms with Crippen molar-refractivity contribution in [1.29, 1.82) is 0 Å². The van der Waals surface area contributed by atoms with Crippen LogP contribution in [0.1, 0.15) is 78.7 Å². The zero-order chi connectivity index (χ0) is 43.6. The van der Waals surface area contributed by atoms with E-state index in [0.717, 1.165) is 65.0 Å². The highest BCUT2D eigenvalue weighted by atomic mass is 16.7. The number of amides is 1. The van der Waals surface area contributed by atoms with Crippen LogP contribution in [-0.4, -0.2) is 72.5 Å². The molecule has 1 fully saturated rings. The fourth-order valence-corrected chi connectivity index (χ4v) is 9.72. The predicted octanol–water partition coefficient (Wildman–Crippen LogP) is 9.64. The van der Waals surface area contributed by atoms with Crippen LogP contribution in [0.15, 0.2) is 120 Å². The number of hydrogen-bond donors (Lipinski definition) is 2. The maximum atomic E-state index is 14.6. The second kappa shape index (κ2) is 20.6. The summed E-state index contributed by atoms with van der Waals surface area (Å²) in [6.07, 6.45) is 9.26. The third kappa shape index (κ3) is 9.78. The summed E-state index contributed by atoms with van der Waals surface area (Å²) in [6.45, 7) is 8.90. The van der Waals surface area contributed by atoms with Gasteiger partial charge in [0, 0.05) is 38.2 Å². The van der Waals surface area contributed by atoms with Crippen molar-refractivity contribution < 1.29 is 38.8 Å². The Balaban J connectivity index is 1.40. The molecular weight excluding hydrogens is 781 g/mol. The Morgan fingerprint density at radius 1 is 0.887 bits per heavy atom. The number of nitrogens with zero attached hydrogens (tertiary/aromatic N) is 2. The van der Waals surface area contributed by atoms with Crippen molar-refractivity contribution in [2.45, 2.75) is 89.6 Å². The van der Waals surface area contributed by atoms with Gasteiger partial charge in [0.15, 0.2) is 0 Å². The summed E-state index contributed by atoms with van der Waals surface area (Å²) in [5.41, 5.74) is 6.88. The van der Waals surface area contributed by atoms with Crippen molar-refractivity contribution in [3.05, 3.63) is 143 Å². The standard InChI is InChI=1S/C52H62N2O8/c1-6-27-59-52-48(54(4)49(57)30-38-17-14-19-40(29-38)58-5)33-46(53-60-34-37-15-8-7-9-16-37)44-31-39(18-10-12-25-55)43(20-11-13-26-56)50(51(44)52)45-32-42(23-24-47(45)62-52)61-41-22-21-35(2)36(3)28-41/h6-9,14-17,19,21-24,28-29,31-32,39,43,48,50-51,55-56H,1,10-13,18,20,25-27,30,33-34H2,2-5H3/t39-,43+,48-,50+,51+,52+/m0/s1. The van der Waals surface area contributed by atoms with Gasteiger partial charge in [-0.25, -0.2) is 0 Å². The largest absolute Gasteiger partial charge is 0.497 e. The minimum atomic E-state index is -1.35. The number of methoxy groups -OCH3 is 1. The van der Waals surface area contributed by atoms with Crippen molar-refractivity contribution >= 4 is 11.6 Å². The van der Waals surface area contributed by atoms with Gasteiger partial charge in [-0.05, 0) is 122 Å². The number of likely N-dealkylation sites (N-methyl/N-ethyl adjacent to an activating group) is 1. The van der Waals surface area contributed by atoms with Gasteiger partial charge in [0.2, 0.25) is 11.7 Å². The SMILES string of the molecule is C=CCO[C@@]12Oc3ccc(Oc4ccc(C)c(C)c4)cc3[C@H]3[C@H](CCCCO)[C@@H](CCCCO)C=C(C(=NOCc4ccccc4)C[C@@H]1N(C)C(=O)Cc1cccc(OC)c1)[C@H]32. The molecule has 7 rings (SSSR count). The van der Waals surface area contributed by atoms with E-state index in [0.29, 0.717) is 36.5 Å². The summed E-state index contributed by atoms with van der Waals surface area (Å²) in [4.78, 5) is 22.6. The molecule has 0 spiro atoms. The molecule has 1 saturated carbocycles. The highest BCUT2D eigenvalue weighted by Crippen LogP contribution is 2.62. The first-order chi connectivity index (χ1) is 30.2. The van der Waals surface area contributed by atoms with Crippen LogP contribution in [0.25, 0.3) is 0 Å². The van der Waals surface area contributed by atoms with E-state index in [2.05, 4.69) is 44.7 Å². The lowest BCUT2D eigenvalue weighted by atomic mass is 9.55. The average molecular weight is 843 g/mol. The second-order valence-corrected chi connectivity index (χ2v) is 16.9. The molecule has 4 aromatic rings. The zero-order valence-electron chi connectivity index (χ0n) is 36.6. The molecule has 4 aromatic carbocycles. The van der Waals surface area contributed by atoms with Gasteiger partial charge >= 0.3 is 0 Å². The van der Waals surface area contributed by atoms with Crippen LogP contribution in [-0.2, 0) is 27.4 Å². The molecule has 2 N–H and O–H groups in total. The van der Waals surface area contributed by atoms with Crippen molar-refractivity contribution in [1.82, 2.24) is 4.90 Å². The Hall–Kier alpha value is -5.42. The molecule has 0 aromatic heterocycles. The van der Waals surface area contributed by atoms with Crippen LogP contribution >= 0.6 is 0 Å². The Morgan fingerprint density at radius 2 is 1.63 bits per heavy atom. The third-order valence-electron chi connectivity index (χ3n) is 13.0. The lowest BCUT2D eigenvalue weighted by molar-refractivity contribution is -0.255. The average Bonchev–Trinajstić information content (AvgIpc) is 3.28. The molecule has 0 unspecified atom stereocenters. The topological polar surface area (TPSA) is 119 Å². The Labute approximate surface area is 366 Å². The number of carbonyl (C=O) groups excluding carboxylic acids is 1. The minimum Gasteiger partial charge on any atom is -0.497 e. The number of unbranched alkanes of at least 4 members (excludes halogenated alkanes) is 2. The molecule has 1 aliphatic heterocycles. The second-order valence-electron chi connectivity index (χ2n) is 16.9. The molecule has 6 atom stereocenters. The molecule has 62 heavy (non-hydrogen) atoms.